The number of likely N-dealkylation sites (N-methyl/N-ethyl adjacent to an activating group) is 1. The maximum Gasteiger partial charge on any atom is 0.252 e. The zero-order valence-corrected chi connectivity index (χ0v) is 24.8. The van der Waals surface area contributed by atoms with Crippen LogP contribution < -0.4 is 10.2 Å². The van der Waals surface area contributed by atoms with Gasteiger partial charge in [0.1, 0.15) is 18.2 Å². The fourth-order valence-electron chi connectivity index (χ4n) is 6.47. The fourth-order valence-corrected chi connectivity index (χ4v) is 8.17. The molecule has 11 heteroatoms. The van der Waals surface area contributed by atoms with Crippen molar-refractivity contribution in [1.29, 1.82) is 0 Å². The highest BCUT2D eigenvalue weighted by molar-refractivity contribution is 7.99. The number of piperazine rings is 1. The number of nitrogens with zero attached hydrogens (tertiary/aromatic N) is 4. The number of ether oxygens (including phenoxy) is 1. The summed E-state index contributed by atoms with van der Waals surface area (Å²) < 4.78 is 5.77. The molecule has 0 radical (unpaired) electrons. The van der Waals surface area contributed by atoms with Crippen molar-refractivity contribution in [2.45, 2.75) is 55.0 Å². The molecule has 4 heterocycles. The van der Waals surface area contributed by atoms with Gasteiger partial charge in [0.15, 0.2) is 10.9 Å². The maximum absolute atomic E-state index is 14.1. The second-order valence-corrected chi connectivity index (χ2v) is 13.3. The summed E-state index contributed by atoms with van der Waals surface area (Å²) >= 11 is 3.28. The van der Waals surface area contributed by atoms with Crippen molar-refractivity contribution in [2.24, 2.45) is 0 Å². The van der Waals surface area contributed by atoms with E-state index in [4.69, 9.17) is 9.72 Å². The van der Waals surface area contributed by atoms with Crippen LogP contribution in [0.15, 0.2) is 29.6 Å². The SMILES string of the molecule is CS[C@H]1CN(C(=O)C2(NC(=O)c3ccc(-c4csc(N5CCN(C)CC5)n4)cc3)CCCCC2)[C@@H]2C(=O)CO[C@H]12. The quantitative estimate of drug-likeness (QED) is 0.555. The van der Waals surface area contributed by atoms with Gasteiger partial charge in [0, 0.05) is 49.2 Å². The van der Waals surface area contributed by atoms with E-state index in [1.807, 2.05) is 30.5 Å². The molecule has 2 aromatic rings. The molecule has 6 rings (SSSR count). The number of hydrogen-bond acceptors (Lipinski definition) is 9. The van der Waals surface area contributed by atoms with Gasteiger partial charge in [0.25, 0.3) is 5.91 Å². The number of thioether (sulfide) groups is 1. The highest BCUT2D eigenvalue weighted by Gasteiger charge is 2.56. The average Bonchev–Trinajstić information content (AvgIpc) is 3.71. The summed E-state index contributed by atoms with van der Waals surface area (Å²) in [5.41, 5.74) is 1.38. The number of carbonyl (C=O) groups excluding carboxylic acids is 3. The van der Waals surface area contributed by atoms with E-state index < -0.39 is 11.6 Å². The Labute approximate surface area is 243 Å². The molecule has 3 atom stereocenters. The lowest BCUT2D eigenvalue weighted by atomic mass is 9.80. The number of fused-ring (bicyclic) bond motifs is 1. The lowest BCUT2D eigenvalue weighted by Crippen LogP contribution is -2.62. The van der Waals surface area contributed by atoms with Gasteiger partial charge in [-0.3, -0.25) is 14.4 Å². The number of anilines is 1. The number of nitrogens with one attached hydrogen (secondary N) is 1. The number of Topliss-reactive ketones (excluding diaryl/α,β-unsaturated/α-hetero) is 1. The van der Waals surface area contributed by atoms with Crippen LogP contribution in [0.3, 0.4) is 0 Å². The van der Waals surface area contributed by atoms with Crippen molar-refractivity contribution in [2.75, 3.05) is 57.5 Å². The molecule has 1 aromatic heterocycles. The standard InChI is InChI=1S/C29H37N5O4S2/c1-32-12-14-33(15-13-32)28-30-21(18-40-28)19-6-8-20(9-7-19)26(36)31-29(10-4-3-5-11-29)27(37)34-16-23(39-2)25-24(34)22(35)17-38-25/h6-9,18,23-25H,3-5,10-17H2,1-2H3,(H,31,36)/t23-,24+,25+/m0/s1. The van der Waals surface area contributed by atoms with Gasteiger partial charge in [-0.05, 0) is 38.3 Å². The summed E-state index contributed by atoms with van der Waals surface area (Å²) in [6.45, 7) is 4.53. The molecule has 0 bridgehead atoms. The summed E-state index contributed by atoms with van der Waals surface area (Å²) in [6, 6.07) is 6.93. The molecule has 0 unspecified atom stereocenters. The zero-order valence-electron chi connectivity index (χ0n) is 23.1. The van der Waals surface area contributed by atoms with Crippen molar-refractivity contribution >= 4 is 45.8 Å². The van der Waals surface area contributed by atoms with E-state index in [1.54, 1.807) is 28.0 Å². The molecule has 214 valence electrons. The number of carbonyl (C=O) groups is 3. The number of ketones is 1. The first-order valence-corrected chi connectivity index (χ1v) is 16.4. The van der Waals surface area contributed by atoms with Gasteiger partial charge in [-0.2, -0.15) is 11.8 Å². The van der Waals surface area contributed by atoms with Crippen molar-refractivity contribution in [3.05, 3.63) is 35.2 Å². The number of benzene rings is 1. The van der Waals surface area contributed by atoms with Crippen LogP contribution in [-0.4, -0.2) is 108 Å². The van der Waals surface area contributed by atoms with Gasteiger partial charge in [-0.1, -0.05) is 31.4 Å². The second kappa shape index (κ2) is 11.4. The Bertz CT molecular complexity index is 1250. The molecule has 3 aliphatic heterocycles. The topological polar surface area (TPSA) is 95.1 Å². The van der Waals surface area contributed by atoms with Crippen molar-refractivity contribution in [3.63, 3.8) is 0 Å². The van der Waals surface area contributed by atoms with Crippen LogP contribution in [0.5, 0.6) is 0 Å². The van der Waals surface area contributed by atoms with Crippen molar-refractivity contribution < 1.29 is 19.1 Å². The van der Waals surface area contributed by atoms with Crippen LogP contribution >= 0.6 is 23.1 Å². The van der Waals surface area contributed by atoms with Crippen LogP contribution in [0.4, 0.5) is 5.13 Å². The third-order valence-corrected chi connectivity index (χ3v) is 10.8. The third-order valence-electron chi connectivity index (χ3n) is 8.88. The molecular formula is C29H37N5O4S2. The van der Waals surface area contributed by atoms with E-state index >= 15 is 0 Å². The summed E-state index contributed by atoms with van der Waals surface area (Å²) in [4.78, 5) is 51.5. The zero-order chi connectivity index (χ0) is 27.9. The molecule has 0 spiro atoms. The highest BCUT2D eigenvalue weighted by atomic mass is 32.2. The third kappa shape index (κ3) is 5.17. The second-order valence-electron chi connectivity index (χ2n) is 11.4. The normalized spacial score (nSPS) is 26.6. The molecule has 4 fully saturated rings. The minimum atomic E-state index is -0.999. The van der Waals surface area contributed by atoms with E-state index in [0.717, 1.165) is 61.8 Å². The van der Waals surface area contributed by atoms with Crippen LogP contribution in [-0.2, 0) is 14.3 Å². The Morgan fingerprint density at radius 2 is 1.82 bits per heavy atom. The first kappa shape index (κ1) is 27.7. The summed E-state index contributed by atoms with van der Waals surface area (Å²) in [7, 11) is 2.14. The molecule has 1 aromatic carbocycles. The molecule has 4 aliphatic rings. The molecule has 1 aliphatic carbocycles. The number of amides is 2. The van der Waals surface area contributed by atoms with Crippen molar-refractivity contribution in [1.82, 2.24) is 20.1 Å². The predicted octanol–water partition coefficient (Wildman–Crippen LogP) is 2.90. The van der Waals surface area contributed by atoms with Gasteiger partial charge in [0.2, 0.25) is 5.91 Å². The van der Waals surface area contributed by atoms with E-state index in [9.17, 15) is 14.4 Å². The van der Waals surface area contributed by atoms with Gasteiger partial charge in [0.05, 0.1) is 17.0 Å². The largest absolute Gasteiger partial charge is 0.367 e. The van der Waals surface area contributed by atoms with Crippen LogP contribution in [0.25, 0.3) is 11.3 Å². The average molecular weight is 584 g/mol. The van der Waals surface area contributed by atoms with Gasteiger partial charge < -0.3 is 24.8 Å². The molecule has 2 amide bonds. The smallest absolute Gasteiger partial charge is 0.252 e. The number of likely N-dealkylation sites (tertiary alicyclic amines) is 1. The predicted molar refractivity (Wildman–Crippen MR) is 158 cm³/mol. The van der Waals surface area contributed by atoms with Crippen molar-refractivity contribution in [3.8, 4) is 11.3 Å². The molecule has 3 saturated heterocycles. The lowest BCUT2D eigenvalue weighted by Gasteiger charge is -2.40. The molecule has 40 heavy (non-hydrogen) atoms. The van der Waals surface area contributed by atoms with Gasteiger partial charge >= 0.3 is 0 Å². The minimum absolute atomic E-state index is 0.0411. The number of thiazole rings is 1. The van der Waals surface area contributed by atoms with E-state index in [0.29, 0.717) is 24.9 Å². The van der Waals surface area contributed by atoms with E-state index in [2.05, 4.69) is 27.5 Å². The minimum Gasteiger partial charge on any atom is -0.367 e. The van der Waals surface area contributed by atoms with Gasteiger partial charge in [-0.25, -0.2) is 4.98 Å². The number of aromatic nitrogens is 1. The van der Waals surface area contributed by atoms with Crippen LogP contribution in [0, 0.1) is 0 Å². The highest BCUT2D eigenvalue weighted by Crippen LogP contribution is 2.38. The molecule has 1 N–H and O–H groups in total. The van der Waals surface area contributed by atoms with Crippen LogP contribution in [0.1, 0.15) is 42.5 Å². The van der Waals surface area contributed by atoms with E-state index in [1.165, 1.54) is 0 Å². The molecular weight excluding hydrogens is 546 g/mol. The monoisotopic (exact) mass is 583 g/mol. The maximum atomic E-state index is 14.1. The Kier molecular flexibility index (Phi) is 7.91. The first-order valence-electron chi connectivity index (χ1n) is 14.2. The number of hydrogen-bond donors (Lipinski definition) is 1. The lowest BCUT2D eigenvalue weighted by molar-refractivity contribution is -0.143. The first-order chi connectivity index (χ1) is 19.4. The Balaban J connectivity index is 1.17. The summed E-state index contributed by atoms with van der Waals surface area (Å²) in [6.07, 6.45) is 5.64. The Hall–Kier alpha value is -2.47. The van der Waals surface area contributed by atoms with Gasteiger partial charge in [-0.15, -0.1) is 11.3 Å². The van der Waals surface area contributed by atoms with E-state index in [-0.39, 0.29) is 35.6 Å². The summed E-state index contributed by atoms with van der Waals surface area (Å²) in [5.74, 6) is -0.438. The molecule has 1 saturated carbocycles. The summed E-state index contributed by atoms with van der Waals surface area (Å²) in [5, 5.41) is 6.31. The Morgan fingerprint density at radius 3 is 2.52 bits per heavy atom. The molecule has 9 nitrogen and oxygen atoms in total. The Morgan fingerprint density at radius 1 is 1.10 bits per heavy atom. The number of rotatable bonds is 6. The fraction of sp³-hybridized carbons (Fsp3) is 0.586. The van der Waals surface area contributed by atoms with Crippen LogP contribution in [0.2, 0.25) is 0 Å².